The van der Waals surface area contributed by atoms with Crippen LogP contribution in [0.5, 0.6) is 0 Å². The monoisotopic (exact) mass is 434 g/mol. The smallest absolute Gasteiger partial charge is 0.322 e. The average Bonchev–Trinajstić information content (AvgIpc) is 2.74. The third kappa shape index (κ3) is 4.13. The molecule has 8 heteroatoms. The first-order valence-corrected chi connectivity index (χ1v) is 9.97. The van der Waals surface area contributed by atoms with Crippen LogP contribution in [-0.4, -0.2) is 20.4 Å². The number of hydrogen-bond acceptors (Lipinski definition) is 4. The zero-order chi connectivity index (χ0) is 22.1. The lowest BCUT2D eigenvalue weighted by Crippen LogP contribution is -2.32. The van der Waals surface area contributed by atoms with Crippen LogP contribution in [0.2, 0.25) is 5.02 Å². The number of rotatable bonds is 4. The number of halogens is 1. The van der Waals surface area contributed by atoms with E-state index in [1.807, 2.05) is 37.3 Å². The molecule has 0 saturated carbocycles. The number of nitrogens with one attached hydrogen (secondary N) is 2. The van der Waals surface area contributed by atoms with E-state index in [9.17, 15) is 14.4 Å². The Morgan fingerprint density at radius 2 is 1.84 bits per heavy atom. The number of nitrogens with zero attached hydrogens (tertiary/aromatic N) is 2. The Morgan fingerprint density at radius 1 is 1.10 bits per heavy atom. The number of fused-ring (bicyclic) bond motifs is 1. The summed E-state index contributed by atoms with van der Waals surface area (Å²) in [6, 6.07) is 16.0. The van der Waals surface area contributed by atoms with Crippen molar-refractivity contribution >= 4 is 34.2 Å². The quantitative estimate of drug-likeness (QED) is 0.512. The SMILES string of the molecule is Cc1ccc(NC(=O)c2cc3c(=O)[nH]c(=O)n(Cc4ccccc4)c3nc2C)cc1Cl. The van der Waals surface area contributed by atoms with Gasteiger partial charge in [-0.25, -0.2) is 9.78 Å². The van der Waals surface area contributed by atoms with Gasteiger partial charge in [-0.15, -0.1) is 0 Å². The second kappa shape index (κ2) is 8.20. The fraction of sp³-hybridized carbons (Fsp3) is 0.130. The maximum absolute atomic E-state index is 12.9. The highest BCUT2D eigenvalue weighted by Crippen LogP contribution is 2.21. The number of hydrogen-bond donors (Lipinski definition) is 2. The second-order valence-corrected chi connectivity index (χ2v) is 7.65. The molecule has 0 unspecified atom stereocenters. The summed E-state index contributed by atoms with van der Waals surface area (Å²) in [5.74, 6) is -0.424. The topological polar surface area (TPSA) is 96.9 Å². The first-order chi connectivity index (χ1) is 14.8. The first kappa shape index (κ1) is 20.6. The van der Waals surface area contributed by atoms with Crippen molar-refractivity contribution in [3.05, 3.63) is 103 Å². The normalized spacial score (nSPS) is 10.9. The molecule has 4 aromatic rings. The lowest BCUT2D eigenvalue weighted by atomic mass is 10.1. The van der Waals surface area contributed by atoms with Crippen LogP contribution in [-0.2, 0) is 6.54 Å². The van der Waals surface area contributed by atoms with Gasteiger partial charge in [-0.3, -0.25) is 19.1 Å². The number of aryl methyl sites for hydroxylation is 2. The Morgan fingerprint density at radius 3 is 2.55 bits per heavy atom. The molecule has 7 nitrogen and oxygen atoms in total. The second-order valence-electron chi connectivity index (χ2n) is 7.24. The van der Waals surface area contributed by atoms with Crippen molar-refractivity contribution < 1.29 is 4.79 Å². The first-order valence-electron chi connectivity index (χ1n) is 9.59. The molecule has 156 valence electrons. The van der Waals surface area contributed by atoms with Gasteiger partial charge >= 0.3 is 5.69 Å². The molecule has 2 aromatic heterocycles. The minimum absolute atomic E-state index is 0.160. The zero-order valence-electron chi connectivity index (χ0n) is 16.9. The summed E-state index contributed by atoms with van der Waals surface area (Å²) in [6.07, 6.45) is 0. The Balaban J connectivity index is 1.77. The predicted molar refractivity (Wildman–Crippen MR) is 121 cm³/mol. The van der Waals surface area contributed by atoms with Gasteiger partial charge < -0.3 is 5.32 Å². The minimum Gasteiger partial charge on any atom is -0.322 e. The van der Waals surface area contributed by atoms with Gasteiger partial charge in [0.05, 0.1) is 23.2 Å². The molecule has 1 amide bonds. The molecule has 0 aliphatic carbocycles. The maximum Gasteiger partial charge on any atom is 0.330 e. The third-order valence-corrected chi connectivity index (χ3v) is 5.42. The number of H-pyrrole nitrogens is 1. The van der Waals surface area contributed by atoms with E-state index in [2.05, 4.69) is 15.3 Å². The highest BCUT2D eigenvalue weighted by Gasteiger charge is 2.17. The van der Waals surface area contributed by atoms with E-state index in [1.165, 1.54) is 10.6 Å². The summed E-state index contributed by atoms with van der Waals surface area (Å²) in [5.41, 5.74) is 2.02. The number of aromatic amines is 1. The van der Waals surface area contributed by atoms with Gasteiger partial charge in [0.15, 0.2) is 0 Å². The van der Waals surface area contributed by atoms with Crippen LogP contribution in [0.1, 0.15) is 27.2 Å². The molecule has 0 fully saturated rings. The molecule has 2 aromatic carbocycles. The summed E-state index contributed by atoms with van der Waals surface area (Å²) in [7, 11) is 0. The van der Waals surface area contributed by atoms with Crippen LogP contribution in [0.3, 0.4) is 0 Å². The number of benzene rings is 2. The fourth-order valence-corrected chi connectivity index (χ4v) is 3.49. The van der Waals surface area contributed by atoms with Crippen molar-refractivity contribution in [2.75, 3.05) is 5.32 Å². The summed E-state index contributed by atoms with van der Waals surface area (Å²) in [4.78, 5) is 44.5. The predicted octanol–water partition coefficient (Wildman–Crippen LogP) is 3.66. The molecule has 0 bridgehead atoms. The van der Waals surface area contributed by atoms with E-state index < -0.39 is 17.2 Å². The number of amides is 1. The fourth-order valence-electron chi connectivity index (χ4n) is 3.31. The van der Waals surface area contributed by atoms with E-state index in [0.717, 1.165) is 11.1 Å². The van der Waals surface area contributed by atoms with Gasteiger partial charge in [-0.1, -0.05) is 48.0 Å². The number of carbonyl (C=O) groups is 1. The summed E-state index contributed by atoms with van der Waals surface area (Å²) in [5, 5.41) is 3.47. The van der Waals surface area contributed by atoms with Gasteiger partial charge in [0, 0.05) is 10.7 Å². The molecule has 4 rings (SSSR count). The van der Waals surface area contributed by atoms with Gasteiger partial charge in [-0.2, -0.15) is 0 Å². The van der Waals surface area contributed by atoms with Crippen LogP contribution in [0.15, 0.2) is 64.2 Å². The molecule has 0 radical (unpaired) electrons. The van der Waals surface area contributed by atoms with Crippen molar-refractivity contribution in [1.29, 1.82) is 0 Å². The summed E-state index contributed by atoms with van der Waals surface area (Å²) in [6.45, 7) is 3.77. The molecule has 0 aliphatic heterocycles. The van der Waals surface area contributed by atoms with Gasteiger partial charge in [0.2, 0.25) is 0 Å². The van der Waals surface area contributed by atoms with Crippen molar-refractivity contribution in [3.8, 4) is 0 Å². The minimum atomic E-state index is -0.593. The van der Waals surface area contributed by atoms with Crippen LogP contribution < -0.4 is 16.6 Å². The Bertz CT molecular complexity index is 1420. The third-order valence-electron chi connectivity index (χ3n) is 5.02. The van der Waals surface area contributed by atoms with Gasteiger partial charge in [0.25, 0.3) is 11.5 Å². The molecule has 0 spiro atoms. The van der Waals surface area contributed by atoms with Gasteiger partial charge in [-0.05, 0) is 43.2 Å². The Hall–Kier alpha value is -3.71. The van der Waals surface area contributed by atoms with Crippen LogP contribution in [0.25, 0.3) is 11.0 Å². The molecule has 0 atom stereocenters. The number of pyridine rings is 1. The highest BCUT2D eigenvalue weighted by molar-refractivity contribution is 6.31. The summed E-state index contributed by atoms with van der Waals surface area (Å²) < 4.78 is 1.39. The van der Waals surface area contributed by atoms with Crippen molar-refractivity contribution in [1.82, 2.24) is 14.5 Å². The standard InChI is InChI=1S/C23H19ClN4O3/c1-13-8-9-16(10-19(13)24)26-21(29)17-11-18-20(25-14(17)2)28(23(31)27-22(18)30)12-15-6-4-3-5-7-15/h3-11H,12H2,1-2H3,(H,26,29)(H,27,30,31). The van der Waals surface area contributed by atoms with Crippen molar-refractivity contribution in [2.24, 2.45) is 0 Å². The molecule has 2 heterocycles. The lowest BCUT2D eigenvalue weighted by Gasteiger charge is -2.12. The van der Waals surface area contributed by atoms with Crippen LogP contribution >= 0.6 is 11.6 Å². The van der Waals surface area contributed by atoms with E-state index in [1.54, 1.807) is 25.1 Å². The largest absolute Gasteiger partial charge is 0.330 e. The Kier molecular flexibility index (Phi) is 5.44. The van der Waals surface area contributed by atoms with Crippen LogP contribution in [0, 0.1) is 13.8 Å². The molecular formula is C23H19ClN4O3. The average molecular weight is 435 g/mol. The van der Waals surface area contributed by atoms with E-state index in [0.29, 0.717) is 16.4 Å². The van der Waals surface area contributed by atoms with Crippen molar-refractivity contribution in [2.45, 2.75) is 20.4 Å². The van der Waals surface area contributed by atoms with Gasteiger partial charge in [0.1, 0.15) is 5.65 Å². The number of carbonyl (C=O) groups excluding carboxylic acids is 1. The number of aromatic nitrogens is 3. The Labute approximate surface area is 182 Å². The highest BCUT2D eigenvalue weighted by atomic mass is 35.5. The van der Waals surface area contributed by atoms with E-state index in [4.69, 9.17) is 11.6 Å². The van der Waals surface area contributed by atoms with E-state index in [-0.39, 0.29) is 23.1 Å². The zero-order valence-corrected chi connectivity index (χ0v) is 17.7. The molecule has 2 N–H and O–H groups in total. The number of anilines is 1. The molecule has 0 saturated heterocycles. The van der Waals surface area contributed by atoms with Crippen LogP contribution in [0.4, 0.5) is 5.69 Å². The molecule has 31 heavy (non-hydrogen) atoms. The molecular weight excluding hydrogens is 416 g/mol. The van der Waals surface area contributed by atoms with E-state index >= 15 is 0 Å². The maximum atomic E-state index is 12.9. The van der Waals surface area contributed by atoms with Crippen molar-refractivity contribution in [3.63, 3.8) is 0 Å². The lowest BCUT2D eigenvalue weighted by molar-refractivity contribution is 0.102. The molecule has 0 aliphatic rings. The summed E-state index contributed by atoms with van der Waals surface area (Å²) >= 11 is 6.13.